The van der Waals surface area contributed by atoms with Crippen molar-refractivity contribution in [3.05, 3.63) is 35.9 Å². The number of ether oxygens (including phenoxy) is 1. The Balaban J connectivity index is 1.60. The number of hydrogen-bond donors (Lipinski definition) is 1. The van der Waals surface area contributed by atoms with Gasteiger partial charge in [0, 0.05) is 13.1 Å². The van der Waals surface area contributed by atoms with E-state index in [-0.39, 0.29) is 6.10 Å². The molecule has 17 heavy (non-hydrogen) atoms. The molecule has 1 heterocycles. The molecule has 94 valence electrons. The summed E-state index contributed by atoms with van der Waals surface area (Å²) in [6, 6.07) is 10.2. The highest BCUT2D eigenvalue weighted by molar-refractivity contribution is 5.13. The van der Waals surface area contributed by atoms with Gasteiger partial charge in [0.05, 0.1) is 19.3 Å². The van der Waals surface area contributed by atoms with Crippen LogP contribution < -0.4 is 0 Å². The molecule has 3 heteroatoms. The van der Waals surface area contributed by atoms with Gasteiger partial charge in [0.25, 0.3) is 0 Å². The molecule has 1 aliphatic rings. The lowest BCUT2D eigenvalue weighted by molar-refractivity contribution is 0.0412. The molecule has 3 nitrogen and oxygen atoms in total. The third-order valence-corrected chi connectivity index (χ3v) is 3.14. The first-order chi connectivity index (χ1) is 8.34. The van der Waals surface area contributed by atoms with E-state index < -0.39 is 0 Å². The summed E-state index contributed by atoms with van der Waals surface area (Å²) in [6.45, 7) is 4.23. The molecule has 1 fully saturated rings. The number of aliphatic hydroxyl groups excluding tert-OH is 1. The van der Waals surface area contributed by atoms with Crippen LogP contribution in [0.3, 0.4) is 0 Å². The summed E-state index contributed by atoms with van der Waals surface area (Å²) in [4.78, 5) is 2.28. The molecule has 1 atom stereocenters. The van der Waals surface area contributed by atoms with Crippen LogP contribution in [0.4, 0.5) is 0 Å². The lowest BCUT2D eigenvalue weighted by atomic mass is 10.1. The summed E-state index contributed by atoms with van der Waals surface area (Å²) in [5, 5.41) is 9.53. The first-order valence-corrected chi connectivity index (χ1v) is 6.36. The van der Waals surface area contributed by atoms with E-state index >= 15 is 0 Å². The second-order valence-electron chi connectivity index (χ2n) is 4.63. The van der Waals surface area contributed by atoms with Gasteiger partial charge in [-0.2, -0.15) is 0 Å². The highest BCUT2D eigenvalue weighted by Crippen LogP contribution is 2.09. The van der Waals surface area contributed by atoms with Crippen molar-refractivity contribution in [2.24, 2.45) is 0 Å². The smallest absolute Gasteiger partial charge is 0.0717 e. The zero-order valence-electron chi connectivity index (χ0n) is 10.2. The van der Waals surface area contributed by atoms with Crippen LogP contribution in [0, 0.1) is 0 Å². The Hall–Kier alpha value is -0.900. The van der Waals surface area contributed by atoms with Crippen LogP contribution in [0.2, 0.25) is 0 Å². The van der Waals surface area contributed by atoms with Crippen LogP contribution >= 0.6 is 0 Å². The summed E-state index contributed by atoms with van der Waals surface area (Å²) in [6.07, 6.45) is 1.90. The maximum atomic E-state index is 9.53. The SMILES string of the molecule is O[C@H]1CCCN(CCOCc2ccccc2)C1. The lowest BCUT2D eigenvalue weighted by Crippen LogP contribution is -2.39. The Morgan fingerprint density at radius 3 is 2.88 bits per heavy atom. The normalized spacial score (nSPS) is 21.6. The molecule has 0 spiro atoms. The maximum absolute atomic E-state index is 9.53. The van der Waals surface area contributed by atoms with Crippen LogP contribution in [-0.4, -0.2) is 42.4 Å². The van der Waals surface area contributed by atoms with Crippen LogP contribution in [0.1, 0.15) is 18.4 Å². The Bertz CT molecular complexity index is 315. The summed E-state index contributed by atoms with van der Waals surface area (Å²) < 4.78 is 5.63. The van der Waals surface area contributed by atoms with Gasteiger partial charge in [-0.3, -0.25) is 4.90 Å². The molecule has 0 aliphatic carbocycles. The third kappa shape index (κ3) is 4.46. The largest absolute Gasteiger partial charge is 0.392 e. The standard InChI is InChI=1S/C14H21NO2/c16-14-7-4-8-15(11-14)9-10-17-12-13-5-2-1-3-6-13/h1-3,5-6,14,16H,4,7-12H2/t14-/m0/s1. The average molecular weight is 235 g/mol. The van der Waals surface area contributed by atoms with Gasteiger partial charge in [-0.05, 0) is 24.9 Å². The van der Waals surface area contributed by atoms with E-state index in [0.717, 1.165) is 39.1 Å². The van der Waals surface area contributed by atoms with E-state index in [4.69, 9.17) is 4.74 Å². The van der Waals surface area contributed by atoms with Crippen LogP contribution in [0.15, 0.2) is 30.3 Å². The molecule has 1 saturated heterocycles. The number of nitrogens with zero attached hydrogens (tertiary/aromatic N) is 1. The predicted molar refractivity (Wildman–Crippen MR) is 67.8 cm³/mol. The van der Waals surface area contributed by atoms with E-state index in [2.05, 4.69) is 17.0 Å². The first kappa shape index (κ1) is 12.6. The Labute approximate surface area is 103 Å². The fraction of sp³-hybridized carbons (Fsp3) is 0.571. The molecule has 0 radical (unpaired) electrons. The second-order valence-corrected chi connectivity index (χ2v) is 4.63. The number of aliphatic hydroxyl groups is 1. The third-order valence-electron chi connectivity index (χ3n) is 3.14. The number of hydrogen-bond acceptors (Lipinski definition) is 3. The second kappa shape index (κ2) is 6.74. The minimum Gasteiger partial charge on any atom is -0.392 e. The minimum atomic E-state index is -0.141. The van der Waals surface area contributed by atoms with Crippen LogP contribution in [0.5, 0.6) is 0 Å². The topological polar surface area (TPSA) is 32.7 Å². The van der Waals surface area contributed by atoms with Crippen molar-refractivity contribution < 1.29 is 9.84 Å². The van der Waals surface area contributed by atoms with Crippen molar-refractivity contribution in [2.75, 3.05) is 26.2 Å². The van der Waals surface area contributed by atoms with Crippen LogP contribution in [-0.2, 0) is 11.3 Å². The highest BCUT2D eigenvalue weighted by atomic mass is 16.5. The fourth-order valence-corrected chi connectivity index (χ4v) is 2.19. The molecule has 1 aliphatic heterocycles. The van der Waals surface area contributed by atoms with Gasteiger partial charge in [0.1, 0.15) is 0 Å². The van der Waals surface area contributed by atoms with Gasteiger partial charge in [0.2, 0.25) is 0 Å². The Morgan fingerprint density at radius 1 is 1.29 bits per heavy atom. The fourth-order valence-electron chi connectivity index (χ4n) is 2.19. The van der Waals surface area contributed by atoms with Gasteiger partial charge >= 0.3 is 0 Å². The van der Waals surface area contributed by atoms with E-state index in [1.165, 1.54) is 5.56 Å². The van der Waals surface area contributed by atoms with Crippen molar-refractivity contribution in [1.29, 1.82) is 0 Å². The molecular formula is C14H21NO2. The van der Waals surface area contributed by atoms with E-state index in [9.17, 15) is 5.11 Å². The Kier molecular flexibility index (Phi) is 4.98. The van der Waals surface area contributed by atoms with E-state index in [1.54, 1.807) is 0 Å². The van der Waals surface area contributed by atoms with Gasteiger partial charge < -0.3 is 9.84 Å². The highest BCUT2D eigenvalue weighted by Gasteiger charge is 2.16. The maximum Gasteiger partial charge on any atom is 0.0717 e. The number of rotatable bonds is 5. The van der Waals surface area contributed by atoms with Gasteiger partial charge in [-0.15, -0.1) is 0 Å². The molecule has 1 aromatic carbocycles. The number of likely N-dealkylation sites (tertiary alicyclic amines) is 1. The van der Waals surface area contributed by atoms with Gasteiger partial charge in [-0.1, -0.05) is 30.3 Å². The molecule has 0 aromatic heterocycles. The van der Waals surface area contributed by atoms with E-state index in [1.807, 2.05) is 18.2 Å². The summed E-state index contributed by atoms with van der Waals surface area (Å²) in [5.74, 6) is 0. The first-order valence-electron chi connectivity index (χ1n) is 6.36. The number of piperidine rings is 1. The van der Waals surface area contributed by atoms with Crippen molar-refractivity contribution in [3.8, 4) is 0 Å². The molecule has 1 N–H and O–H groups in total. The van der Waals surface area contributed by atoms with Crippen LogP contribution in [0.25, 0.3) is 0 Å². The molecule has 2 rings (SSSR count). The average Bonchev–Trinajstić information content (AvgIpc) is 2.36. The summed E-state index contributed by atoms with van der Waals surface area (Å²) in [7, 11) is 0. The van der Waals surface area contributed by atoms with Crippen molar-refractivity contribution in [2.45, 2.75) is 25.6 Å². The monoisotopic (exact) mass is 235 g/mol. The van der Waals surface area contributed by atoms with Crippen molar-refractivity contribution in [1.82, 2.24) is 4.90 Å². The zero-order valence-corrected chi connectivity index (χ0v) is 10.2. The molecule has 0 bridgehead atoms. The van der Waals surface area contributed by atoms with Crippen molar-refractivity contribution in [3.63, 3.8) is 0 Å². The molecule has 0 unspecified atom stereocenters. The molecular weight excluding hydrogens is 214 g/mol. The Morgan fingerprint density at radius 2 is 2.12 bits per heavy atom. The number of β-amino-alcohol motifs (C(OH)–C–C–N with tert-alkyl or cyclic N) is 1. The minimum absolute atomic E-state index is 0.141. The zero-order chi connectivity index (χ0) is 11.9. The lowest BCUT2D eigenvalue weighted by Gasteiger charge is -2.29. The quantitative estimate of drug-likeness (QED) is 0.788. The van der Waals surface area contributed by atoms with E-state index in [0.29, 0.717) is 6.61 Å². The van der Waals surface area contributed by atoms with Crippen molar-refractivity contribution >= 4 is 0 Å². The predicted octanol–water partition coefficient (Wildman–Crippen LogP) is 1.66. The van der Waals surface area contributed by atoms with Gasteiger partial charge in [-0.25, -0.2) is 0 Å². The molecule has 0 amide bonds. The number of benzene rings is 1. The molecule has 0 saturated carbocycles. The summed E-state index contributed by atoms with van der Waals surface area (Å²) >= 11 is 0. The summed E-state index contributed by atoms with van der Waals surface area (Å²) in [5.41, 5.74) is 1.21. The van der Waals surface area contributed by atoms with Gasteiger partial charge in [0.15, 0.2) is 0 Å². The molecule has 1 aromatic rings.